The smallest absolute Gasteiger partial charge is 0.258 e. The van der Waals surface area contributed by atoms with E-state index in [0.29, 0.717) is 37.2 Å². The van der Waals surface area contributed by atoms with Crippen LogP contribution in [-0.4, -0.2) is 77.3 Å². The van der Waals surface area contributed by atoms with Crippen molar-refractivity contribution in [2.75, 3.05) is 39.8 Å². The third-order valence-electron chi connectivity index (χ3n) is 6.94. The maximum Gasteiger partial charge on any atom is 0.258 e. The molecule has 2 saturated heterocycles. The molecule has 2 amide bonds. The number of aryl methyl sites for hydroxylation is 1. The van der Waals surface area contributed by atoms with Crippen molar-refractivity contribution in [3.63, 3.8) is 0 Å². The van der Waals surface area contributed by atoms with Gasteiger partial charge in [-0.3, -0.25) is 9.59 Å². The van der Waals surface area contributed by atoms with Crippen molar-refractivity contribution in [3.05, 3.63) is 11.8 Å². The van der Waals surface area contributed by atoms with Gasteiger partial charge in [-0.15, -0.1) is 0 Å². The first-order valence-corrected chi connectivity index (χ1v) is 10.8. The van der Waals surface area contributed by atoms with Crippen LogP contribution in [0.15, 0.2) is 6.20 Å². The minimum Gasteiger partial charge on any atom is -0.477 e. The van der Waals surface area contributed by atoms with Crippen LogP contribution in [0.5, 0.6) is 5.88 Å². The number of hydrogen-bond donors (Lipinski definition) is 1. The summed E-state index contributed by atoms with van der Waals surface area (Å²) in [5.74, 6) is 0.786. The van der Waals surface area contributed by atoms with E-state index < -0.39 is 0 Å². The first-order chi connectivity index (χ1) is 13.9. The lowest BCUT2D eigenvalue weighted by molar-refractivity contribution is -0.139. The fourth-order valence-electron chi connectivity index (χ4n) is 4.92. The predicted octanol–water partition coefficient (Wildman–Crippen LogP) is 1.36. The molecule has 8 heteroatoms. The fourth-order valence-corrected chi connectivity index (χ4v) is 4.92. The molecule has 160 valence electrons. The summed E-state index contributed by atoms with van der Waals surface area (Å²) in [7, 11) is 2.09. The van der Waals surface area contributed by atoms with Gasteiger partial charge < -0.3 is 19.9 Å². The highest BCUT2D eigenvalue weighted by molar-refractivity contribution is 5.96. The van der Waals surface area contributed by atoms with Crippen molar-refractivity contribution in [1.82, 2.24) is 24.9 Å². The molecule has 1 N–H and O–H groups in total. The Balaban J connectivity index is 1.36. The number of hydrogen-bond acceptors (Lipinski definition) is 5. The number of rotatable bonds is 4. The molecule has 1 unspecified atom stereocenters. The lowest BCUT2D eigenvalue weighted by Crippen LogP contribution is -2.52. The summed E-state index contributed by atoms with van der Waals surface area (Å²) in [6.45, 7) is 8.76. The molecule has 0 radical (unpaired) electrons. The molecule has 1 aromatic heterocycles. The van der Waals surface area contributed by atoms with Crippen LogP contribution in [0.4, 0.5) is 0 Å². The molecular weight excluding hydrogens is 370 g/mol. The molecule has 0 bridgehead atoms. The van der Waals surface area contributed by atoms with Gasteiger partial charge in [-0.25, -0.2) is 4.68 Å². The second-order valence-electron chi connectivity index (χ2n) is 9.26. The summed E-state index contributed by atoms with van der Waals surface area (Å²) in [5.41, 5.74) is 0.380. The molecule has 0 saturated carbocycles. The van der Waals surface area contributed by atoms with Gasteiger partial charge in [0.2, 0.25) is 11.8 Å². The molecule has 3 aliphatic heterocycles. The van der Waals surface area contributed by atoms with E-state index in [-0.39, 0.29) is 23.1 Å². The van der Waals surface area contributed by atoms with Gasteiger partial charge in [0.15, 0.2) is 0 Å². The van der Waals surface area contributed by atoms with Crippen LogP contribution >= 0.6 is 0 Å². The van der Waals surface area contributed by atoms with Crippen molar-refractivity contribution in [1.29, 1.82) is 0 Å². The van der Waals surface area contributed by atoms with Gasteiger partial charge >= 0.3 is 0 Å². The van der Waals surface area contributed by atoms with Crippen LogP contribution in [0.3, 0.4) is 0 Å². The Hall–Kier alpha value is -2.09. The molecule has 1 aromatic rings. The Bertz CT molecular complexity index is 778. The van der Waals surface area contributed by atoms with Gasteiger partial charge in [-0.1, -0.05) is 6.92 Å². The molecule has 3 atom stereocenters. The number of aromatic nitrogens is 2. The lowest BCUT2D eigenvalue weighted by Gasteiger charge is -2.42. The van der Waals surface area contributed by atoms with E-state index in [1.54, 1.807) is 10.9 Å². The number of nitrogens with one attached hydrogen (secondary N) is 1. The average molecular weight is 404 g/mol. The van der Waals surface area contributed by atoms with E-state index in [4.69, 9.17) is 4.74 Å². The number of ether oxygens (including phenoxy) is 1. The zero-order valence-corrected chi connectivity index (χ0v) is 17.8. The van der Waals surface area contributed by atoms with Gasteiger partial charge in [0.1, 0.15) is 5.56 Å². The highest BCUT2D eigenvalue weighted by Crippen LogP contribution is 2.32. The molecule has 4 heterocycles. The number of fused-ring (bicyclic) bond motifs is 1. The second-order valence-corrected chi connectivity index (χ2v) is 9.26. The van der Waals surface area contributed by atoms with Crippen LogP contribution in [0.2, 0.25) is 0 Å². The average Bonchev–Trinajstić information content (AvgIpc) is 3.29. The van der Waals surface area contributed by atoms with E-state index in [1.807, 2.05) is 4.90 Å². The van der Waals surface area contributed by atoms with Crippen molar-refractivity contribution < 1.29 is 14.3 Å². The first-order valence-electron chi connectivity index (χ1n) is 10.8. The number of carbonyl (C=O) groups excluding carboxylic acids is 2. The summed E-state index contributed by atoms with van der Waals surface area (Å²) in [4.78, 5) is 30.1. The number of carbonyl (C=O) groups is 2. The first kappa shape index (κ1) is 20.2. The molecule has 2 fully saturated rings. The summed E-state index contributed by atoms with van der Waals surface area (Å²) in [6.07, 6.45) is 5.41. The molecule has 4 rings (SSSR count). The normalized spacial score (nSPS) is 30.0. The van der Waals surface area contributed by atoms with Crippen LogP contribution < -0.4 is 10.1 Å². The Kier molecular flexibility index (Phi) is 5.55. The van der Waals surface area contributed by atoms with E-state index >= 15 is 0 Å². The van der Waals surface area contributed by atoms with Crippen molar-refractivity contribution in [3.8, 4) is 5.88 Å². The Morgan fingerprint density at radius 2 is 2.14 bits per heavy atom. The Labute approximate surface area is 172 Å². The largest absolute Gasteiger partial charge is 0.477 e. The third kappa shape index (κ3) is 3.99. The lowest BCUT2D eigenvalue weighted by atomic mass is 9.81. The maximum atomic E-state index is 13.1. The zero-order chi connectivity index (χ0) is 20.6. The Morgan fingerprint density at radius 1 is 1.31 bits per heavy atom. The van der Waals surface area contributed by atoms with Crippen LogP contribution in [0.25, 0.3) is 0 Å². The summed E-state index contributed by atoms with van der Waals surface area (Å²) in [5, 5.41) is 7.33. The molecule has 3 aliphatic rings. The van der Waals surface area contributed by atoms with Gasteiger partial charge in [-0.2, -0.15) is 5.10 Å². The summed E-state index contributed by atoms with van der Waals surface area (Å²) in [6, 6.07) is 0.295. The van der Waals surface area contributed by atoms with Crippen molar-refractivity contribution in [2.24, 2.45) is 11.3 Å². The standard InChI is InChI=1S/C21H33N5O3/c1-15-16(6-10-24(15)3)19(28)25-8-4-7-21(2,14-25)13-22-18(27)17-12-23-26-9-5-11-29-20(17)26/h12,15-16H,4-11,13-14H2,1-3H3,(H,22,27)/t15-,16-,21?/m1/s1. The van der Waals surface area contributed by atoms with E-state index in [9.17, 15) is 9.59 Å². The molecule has 0 aliphatic carbocycles. The molecule has 29 heavy (non-hydrogen) atoms. The van der Waals surface area contributed by atoms with Crippen LogP contribution in [0, 0.1) is 11.3 Å². The second kappa shape index (κ2) is 7.97. The van der Waals surface area contributed by atoms with Gasteiger partial charge in [0, 0.05) is 44.1 Å². The maximum absolute atomic E-state index is 13.1. The SMILES string of the molecule is C[C@@H]1[C@H](C(=O)N2CCCC(C)(CNC(=O)c3cnn4c3OCCC4)C2)CCN1C. The predicted molar refractivity (Wildman–Crippen MR) is 109 cm³/mol. The van der Waals surface area contributed by atoms with E-state index in [0.717, 1.165) is 45.3 Å². The molecule has 0 spiro atoms. The molecule has 8 nitrogen and oxygen atoms in total. The van der Waals surface area contributed by atoms with Crippen LogP contribution in [-0.2, 0) is 11.3 Å². The van der Waals surface area contributed by atoms with E-state index in [1.165, 1.54) is 0 Å². The minimum atomic E-state index is -0.149. The number of likely N-dealkylation sites (tertiary alicyclic amines) is 2. The highest BCUT2D eigenvalue weighted by Gasteiger charge is 2.40. The monoisotopic (exact) mass is 403 g/mol. The number of nitrogens with zero attached hydrogens (tertiary/aromatic N) is 4. The topological polar surface area (TPSA) is 79.7 Å². The van der Waals surface area contributed by atoms with Gasteiger partial charge in [0.05, 0.1) is 18.7 Å². The molecular formula is C21H33N5O3. The van der Waals surface area contributed by atoms with Gasteiger partial charge in [-0.05, 0) is 39.8 Å². The van der Waals surface area contributed by atoms with Gasteiger partial charge in [0.25, 0.3) is 5.91 Å². The molecule has 0 aromatic carbocycles. The summed E-state index contributed by atoms with van der Waals surface area (Å²) >= 11 is 0. The minimum absolute atomic E-state index is 0.0908. The number of amides is 2. The summed E-state index contributed by atoms with van der Waals surface area (Å²) < 4.78 is 7.39. The highest BCUT2D eigenvalue weighted by atomic mass is 16.5. The van der Waals surface area contributed by atoms with E-state index in [2.05, 4.69) is 36.2 Å². The number of piperidine rings is 1. The quantitative estimate of drug-likeness (QED) is 0.821. The third-order valence-corrected chi connectivity index (χ3v) is 6.94. The van der Waals surface area contributed by atoms with Crippen LogP contribution in [0.1, 0.15) is 49.9 Å². The van der Waals surface area contributed by atoms with Crippen molar-refractivity contribution in [2.45, 2.75) is 52.1 Å². The Morgan fingerprint density at radius 3 is 2.90 bits per heavy atom. The fraction of sp³-hybridized carbons (Fsp3) is 0.762. The van der Waals surface area contributed by atoms with Crippen molar-refractivity contribution >= 4 is 11.8 Å². The zero-order valence-electron chi connectivity index (χ0n) is 17.8.